The van der Waals surface area contributed by atoms with Gasteiger partial charge in [0.05, 0.1) is 16.6 Å². The van der Waals surface area contributed by atoms with Gasteiger partial charge in [-0.25, -0.2) is 13.2 Å². The Morgan fingerprint density at radius 2 is 2.00 bits per heavy atom. The van der Waals surface area contributed by atoms with Crippen molar-refractivity contribution in [3.63, 3.8) is 0 Å². The Labute approximate surface area is 70.9 Å². The van der Waals surface area contributed by atoms with Gasteiger partial charge in [-0.1, -0.05) is 0 Å². The Morgan fingerprint density at radius 1 is 1.38 bits per heavy atom. The van der Waals surface area contributed by atoms with E-state index in [0.29, 0.717) is 12.1 Å². The second-order valence-electron chi connectivity index (χ2n) is 2.28. The van der Waals surface area contributed by atoms with E-state index in [9.17, 15) is 23.3 Å². The van der Waals surface area contributed by atoms with E-state index in [0.717, 1.165) is 0 Å². The van der Waals surface area contributed by atoms with Crippen LogP contribution in [0.3, 0.4) is 0 Å². The van der Waals surface area contributed by atoms with Crippen LogP contribution >= 0.6 is 0 Å². The molecule has 6 heteroatoms. The summed E-state index contributed by atoms with van der Waals surface area (Å²) in [6, 6.07) is 0.889. The van der Waals surface area contributed by atoms with Gasteiger partial charge in [0.15, 0.2) is 0 Å². The maximum Gasteiger partial charge on any atom is 0.281 e. The van der Waals surface area contributed by atoms with Crippen molar-refractivity contribution in [2.75, 3.05) is 0 Å². The van der Waals surface area contributed by atoms with E-state index in [2.05, 4.69) is 0 Å². The zero-order valence-corrected chi connectivity index (χ0v) is 6.26. The van der Waals surface area contributed by atoms with Crippen LogP contribution in [-0.2, 0) is 6.67 Å². The summed E-state index contributed by atoms with van der Waals surface area (Å²) < 4.78 is 37.2. The summed E-state index contributed by atoms with van der Waals surface area (Å²) in [6.07, 6.45) is 0. The molecule has 0 amide bonds. The largest absolute Gasteiger partial charge is 0.281 e. The van der Waals surface area contributed by atoms with Crippen LogP contribution in [-0.4, -0.2) is 4.92 Å². The van der Waals surface area contributed by atoms with E-state index in [4.69, 9.17) is 0 Å². The number of alkyl halides is 1. The van der Waals surface area contributed by atoms with Crippen LogP contribution in [0.4, 0.5) is 18.9 Å². The standard InChI is InChI=1S/C7H4F3NO2/c8-3-5-6(10)1-4(9)2-7(5)11(12)13/h1-2H,3H2. The molecular weight excluding hydrogens is 187 g/mol. The van der Waals surface area contributed by atoms with Crippen LogP contribution in [0.2, 0.25) is 0 Å². The summed E-state index contributed by atoms with van der Waals surface area (Å²) in [5, 5.41) is 10.2. The predicted molar refractivity (Wildman–Crippen MR) is 37.8 cm³/mol. The molecule has 70 valence electrons. The molecule has 0 N–H and O–H groups in total. The van der Waals surface area contributed by atoms with Gasteiger partial charge in [-0.3, -0.25) is 10.1 Å². The van der Waals surface area contributed by atoms with E-state index in [-0.39, 0.29) is 0 Å². The van der Waals surface area contributed by atoms with Gasteiger partial charge in [0.1, 0.15) is 18.3 Å². The number of halogens is 3. The minimum Gasteiger partial charge on any atom is -0.258 e. The Bertz CT molecular complexity index is 354. The summed E-state index contributed by atoms with van der Waals surface area (Å²) in [7, 11) is 0. The molecule has 0 aliphatic carbocycles. The average Bonchev–Trinajstić information content (AvgIpc) is 2.02. The van der Waals surface area contributed by atoms with E-state index < -0.39 is 34.5 Å². The minimum atomic E-state index is -1.33. The van der Waals surface area contributed by atoms with Crippen LogP contribution in [0, 0.1) is 21.7 Å². The molecule has 0 radical (unpaired) electrons. The van der Waals surface area contributed by atoms with Gasteiger partial charge in [0.2, 0.25) is 0 Å². The molecule has 3 nitrogen and oxygen atoms in total. The second-order valence-corrected chi connectivity index (χ2v) is 2.28. The lowest BCUT2D eigenvalue weighted by Crippen LogP contribution is -1.98. The molecule has 0 spiro atoms. The highest BCUT2D eigenvalue weighted by molar-refractivity contribution is 5.40. The molecule has 0 saturated heterocycles. The first-order valence-electron chi connectivity index (χ1n) is 3.24. The van der Waals surface area contributed by atoms with Crippen molar-refractivity contribution in [2.45, 2.75) is 6.67 Å². The molecule has 0 unspecified atom stereocenters. The fourth-order valence-electron chi connectivity index (χ4n) is 0.885. The van der Waals surface area contributed by atoms with Crippen molar-refractivity contribution < 1.29 is 18.1 Å². The molecule has 0 aliphatic rings. The number of hydrogen-bond donors (Lipinski definition) is 0. The van der Waals surface area contributed by atoms with Crippen molar-refractivity contribution in [1.29, 1.82) is 0 Å². The summed E-state index contributed by atoms with van der Waals surface area (Å²) in [5.41, 5.74) is -1.61. The summed E-state index contributed by atoms with van der Waals surface area (Å²) >= 11 is 0. The lowest BCUT2D eigenvalue weighted by Gasteiger charge is -1.99. The second kappa shape index (κ2) is 3.42. The Morgan fingerprint density at radius 3 is 2.46 bits per heavy atom. The molecular formula is C7H4F3NO2. The third kappa shape index (κ3) is 1.77. The quantitative estimate of drug-likeness (QED) is 0.531. The van der Waals surface area contributed by atoms with Gasteiger partial charge in [0, 0.05) is 6.07 Å². The Balaban J connectivity index is 3.38. The monoisotopic (exact) mass is 191 g/mol. The highest BCUT2D eigenvalue weighted by atomic mass is 19.1. The number of rotatable bonds is 2. The SMILES string of the molecule is O=[N+]([O-])c1cc(F)cc(F)c1CF. The molecule has 0 aromatic heterocycles. The van der Waals surface area contributed by atoms with Gasteiger partial charge >= 0.3 is 0 Å². The van der Waals surface area contributed by atoms with E-state index in [1.807, 2.05) is 0 Å². The molecule has 0 atom stereocenters. The number of nitrogens with zero attached hydrogens (tertiary/aromatic N) is 1. The van der Waals surface area contributed by atoms with Crippen LogP contribution in [0.5, 0.6) is 0 Å². The third-order valence-electron chi connectivity index (χ3n) is 1.47. The molecule has 13 heavy (non-hydrogen) atoms. The van der Waals surface area contributed by atoms with Crippen molar-refractivity contribution in [3.8, 4) is 0 Å². The van der Waals surface area contributed by atoms with Crippen LogP contribution in [0.15, 0.2) is 12.1 Å². The van der Waals surface area contributed by atoms with Crippen molar-refractivity contribution in [1.82, 2.24) is 0 Å². The van der Waals surface area contributed by atoms with E-state index in [1.165, 1.54) is 0 Å². The third-order valence-corrected chi connectivity index (χ3v) is 1.47. The normalized spacial score (nSPS) is 10.1. The molecule has 0 bridgehead atoms. The number of nitro groups is 1. The smallest absolute Gasteiger partial charge is 0.258 e. The van der Waals surface area contributed by atoms with Crippen LogP contribution in [0.25, 0.3) is 0 Å². The summed E-state index contributed by atoms with van der Waals surface area (Å²) in [6.45, 7) is -1.33. The highest BCUT2D eigenvalue weighted by Gasteiger charge is 2.19. The number of nitro benzene ring substituents is 1. The van der Waals surface area contributed by atoms with E-state index >= 15 is 0 Å². The van der Waals surface area contributed by atoms with Gasteiger partial charge in [-0.2, -0.15) is 0 Å². The zero-order chi connectivity index (χ0) is 10.0. The van der Waals surface area contributed by atoms with E-state index in [1.54, 1.807) is 0 Å². The summed E-state index contributed by atoms with van der Waals surface area (Å²) in [4.78, 5) is 9.16. The molecule has 0 saturated carbocycles. The highest BCUT2D eigenvalue weighted by Crippen LogP contribution is 2.23. The minimum absolute atomic E-state index is 0.405. The average molecular weight is 191 g/mol. The molecule has 0 fully saturated rings. The number of hydrogen-bond acceptors (Lipinski definition) is 2. The fraction of sp³-hybridized carbons (Fsp3) is 0.143. The Kier molecular flexibility index (Phi) is 2.50. The topological polar surface area (TPSA) is 43.1 Å². The Hall–Kier alpha value is -1.59. The van der Waals surface area contributed by atoms with Crippen molar-refractivity contribution in [3.05, 3.63) is 39.4 Å². The lowest BCUT2D eigenvalue weighted by molar-refractivity contribution is -0.386. The maximum atomic E-state index is 12.7. The van der Waals surface area contributed by atoms with Gasteiger partial charge < -0.3 is 0 Å². The van der Waals surface area contributed by atoms with Gasteiger partial charge in [-0.05, 0) is 0 Å². The van der Waals surface area contributed by atoms with Gasteiger partial charge in [-0.15, -0.1) is 0 Å². The van der Waals surface area contributed by atoms with Crippen molar-refractivity contribution >= 4 is 5.69 Å². The lowest BCUT2D eigenvalue weighted by atomic mass is 10.2. The fourth-order valence-corrected chi connectivity index (χ4v) is 0.885. The molecule has 1 rings (SSSR count). The molecule has 0 heterocycles. The molecule has 0 aliphatic heterocycles. The molecule has 1 aromatic carbocycles. The van der Waals surface area contributed by atoms with Gasteiger partial charge in [0.25, 0.3) is 5.69 Å². The van der Waals surface area contributed by atoms with Crippen LogP contribution < -0.4 is 0 Å². The maximum absolute atomic E-state index is 12.7. The zero-order valence-electron chi connectivity index (χ0n) is 6.26. The number of benzene rings is 1. The first-order valence-corrected chi connectivity index (χ1v) is 3.24. The summed E-state index contributed by atoms with van der Waals surface area (Å²) in [5.74, 6) is -2.34. The predicted octanol–water partition coefficient (Wildman–Crippen LogP) is 2.34. The molecule has 1 aromatic rings. The van der Waals surface area contributed by atoms with Crippen molar-refractivity contribution in [2.24, 2.45) is 0 Å². The van der Waals surface area contributed by atoms with Crippen LogP contribution in [0.1, 0.15) is 5.56 Å². The first-order chi connectivity index (χ1) is 6.06. The first kappa shape index (κ1) is 9.50.